The van der Waals surface area contributed by atoms with Gasteiger partial charge in [0.05, 0.1) is 6.10 Å². The van der Waals surface area contributed by atoms with Crippen LogP contribution >= 0.6 is 0 Å². The third kappa shape index (κ3) is 2.11. The van der Waals surface area contributed by atoms with E-state index in [0.717, 1.165) is 12.8 Å². The van der Waals surface area contributed by atoms with Crippen molar-refractivity contribution in [2.45, 2.75) is 36.7 Å². The van der Waals surface area contributed by atoms with Gasteiger partial charge in [0.1, 0.15) is 0 Å². The SMILES string of the molecule is O=CNC[C@@H](O)CC12CCC(c3ccccc31)c1ccccc12. The van der Waals surface area contributed by atoms with Crippen molar-refractivity contribution >= 4 is 6.41 Å². The van der Waals surface area contributed by atoms with E-state index in [1.165, 1.54) is 22.3 Å². The summed E-state index contributed by atoms with van der Waals surface area (Å²) in [4.78, 5) is 10.5. The van der Waals surface area contributed by atoms with Gasteiger partial charge >= 0.3 is 0 Å². The molecule has 0 spiro atoms. The molecule has 3 aliphatic carbocycles. The molecule has 2 N–H and O–H groups in total. The number of nitrogens with one attached hydrogen (secondary N) is 1. The molecule has 0 aliphatic heterocycles. The fourth-order valence-corrected chi connectivity index (χ4v) is 4.74. The first kappa shape index (κ1) is 14.5. The summed E-state index contributed by atoms with van der Waals surface area (Å²) in [6, 6.07) is 17.3. The van der Waals surface area contributed by atoms with Gasteiger partial charge in [-0.15, -0.1) is 0 Å². The van der Waals surface area contributed by atoms with Gasteiger partial charge in [-0.1, -0.05) is 48.5 Å². The first-order valence-electron chi connectivity index (χ1n) is 8.30. The first-order valence-corrected chi connectivity index (χ1v) is 8.30. The summed E-state index contributed by atoms with van der Waals surface area (Å²) in [5.41, 5.74) is 5.41. The molecule has 3 nitrogen and oxygen atoms in total. The van der Waals surface area contributed by atoms with Gasteiger partial charge in [-0.25, -0.2) is 0 Å². The summed E-state index contributed by atoms with van der Waals surface area (Å²) in [6.45, 7) is 0.305. The average Bonchev–Trinajstić information content (AvgIpc) is 2.61. The molecule has 0 fully saturated rings. The first-order chi connectivity index (χ1) is 11.3. The van der Waals surface area contributed by atoms with Crippen molar-refractivity contribution in [3.05, 3.63) is 70.8 Å². The number of aliphatic hydroxyl groups excluding tert-OH is 1. The van der Waals surface area contributed by atoms with E-state index in [9.17, 15) is 9.90 Å². The van der Waals surface area contributed by atoms with Gasteiger partial charge in [0.2, 0.25) is 6.41 Å². The number of carbonyl (C=O) groups is 1. The minimum absolute atomic E-state index is 0.133. The molecular weight excluding hydrogens is 286 g/mol. The second kappa shape index (κ2) is 5.50. The Balaban J connectivity index is 1.83. The van der Waals surface area contributed by atoms with Crippen LogP contribution in [0, 0.1) is 0 Å². The molecule has 0 saturated carbocycles. The second-order valence-electron chi connectivity index (χ2n) is 6.73. The predicted molar refractivity (Wildman–Crippen MR) is 89.4 cm³/mol. The molecule has 0 saturated heterocycles. The third-order valence-corrected chi connectivity index (χ3v) is 5.58. The maximum Gasteiger partial charge on any atom is 0.207 e. The van der Waals surface area contributed by atoms with Crippen LogP contribution in [0.4, 0.5) is 0 Å². The van der Waals surface area contributed by atoms with Crippen molar-refractivity contribution in [1.29, 1.82) is 0 Å². The van der Waals surface area contributed by atoms with Gasteiger partial charge in [0.25, 0.3) is 0 Å². The van der Waals surface area contributed by atoms with E-state index < -0.39 is 6.10 Å². The fraction of sp³-hybridized carbons (Fsp3) is 0.350. The number of rotatable bonds is 5. The van der Waals surface area contributed by atoms with Crippen molar-refractivity contribution in [1.82, 2.24) is 5.32 Å². The number of hydrogen-bond donors (Lipinski definition) is 2. The lowest BCUT2D eigenvalue weighted by atomic mass is 9.53. The van der Waals surface area contributed by atoms with Crippen LogP contribution in [-0.2, 0) is 10.2 Å². The lowest BCUT2D eigenvalue weighted by Gasteiger charge is -2.50. The topological polar surface area (TPSA) is 49.3 Å². The van der Waals surface area contributed by atoms with Crippen LogP contribution in [0.1, 0.15) is 47.4 Å². The molecule has 23 heavy (non-hydrogen) atoms. The monoisotopic (exact) mass is 307 g/mol. The number of amides is 1. The number of fused-ring (bicyclic) bond motifs is 1. The molecule has 2 bridgehead atoms. The smallest absolute Gasteiger partial charge is 0.207 e. The van der Waals surface area contributed by atoms with Crippen molar-refractivity contribution < 1.29 is 9.90 Å². The minimum Gasteiger partial charge on any atom is -0.391 e. The summed E-state index contributed by atoms with van der Waals surface area (Å²) in [6.07, 6.45) is 2.94. The van der Waals surface area contributed by atoms with E-state index in [4.69, 9.17) is 0 Å². The Bertz CT molecular complexity index is 692. The summed E-state index contributed by atoms with van der Waals surface area (Å²) >= 11 is 0. The highest BCUT2D eigenvalue weighted by atomic mass is 16.3. The summed E-state index contributed by atoms with van der Waals surface area (Å²) in [7, 11) is 0. The summed E-state index contributed by atoms with van der Waals surface area (Å²) < 4.78 is 0. The van der Waals surface area contributed by atoms with Crippen molar-refractivity contribution in [2.75, 3.05) is 6.54 Å². The van der Waals surface area contributed by atoms with Gasteiger partial charge < -0.3 is 10.4 Å². The van der Waals surface area contributed by atoms with Crippen LogP contribution in [-0.4, -0.2) is 24.2 Å². The largest absolute Gasteiger partial charge is 0.391 e. The van der Waals surface area contributed by atoms with Gasteiger partial charge in [0, 0.05) is 17.9 Å². The van der Waals surface area contributed by atoms with Crippen molar-refractivity contribution in [3.8, 4) is 0 Å². The molecule has 2 aromatic carbocycles. The predicted octanol–water partition coefficient (Wildman–Crippen LogP) is 2.71. The van der Waals surface area contributed by atoms with Crippen LogP contribution in [0.25, 0.3) is 0 Å². The highest BCUT2D eigenvalue weighted by molar-refractivity contribution is 5.59. The van der Waals surface area contributed by atoms with Crippen LogP contribution in [0.15, 0.2) is 48.5 Å². The average molecular weight is 307 g/mol. The Morgan fingerprint density at radius 1 is 1.13 bits per heavy atom. The van der Waals surface area contributed by atoms with E-state index in [1.807, 2.05) is 0 Å². The molecule has 3 aliphatic rings. The second-order valence-corrected chi connectivity index (χ2v) is 6.73. The Morgan fingerprint density at radius 2 is 1.74 bits per heavy atom. The number of aliphatic hydroxyl groups is 1. The van der Waals surface area contributed by atoms with Gasteiger partial charge in [0.15, 0.2) is 0 Å². The molecule has 0 unspecified atom stereocenters. The Hall–Kier alpha value is -2.13. The summed E-state index contributed by atoms with van der Waals surface area (Å²) in [5, 5.41) is 13.1. The molecule has 1 amide bonds. The lowest BCUT2D eigenvalue weighted by molar-refractivity contribution is -0.110. The van der Waals surface area contributed by atoms with E-state index >= 15 is 0 Å². The highest BCUT2D eigenvalue weighted by Gasteiger charge is 2.48. The quantitative estimate of drug-likeness (QED) is 0.835. The molecule has 5 rings (SSSR count). The van der Waals surface area contributed by atoms with E-state index in [-0.39, 0.29) is 5.41 Å². The maximum atomic E-state index is 10.5. The standard InChI is InChI=1S/C20H21NO2/c22-13-21-12-14(23)11-20-10-9-15(16-5-1-3-7-18(16)20)17-6-2-4-8-19(17)20/h1-8,13-15,23H,9-12H2,(H,21,22)/t14-,15?,20?/m0/s1. The number of benzene rings is 2. The van der Waals surface area contributed by atoms with E-state index in [0.29, 0.717) is 25.3 Å². The summed E-state index contributed by atoms with van der Waals surface area (Å²) in [5.74, 6) is 0.481. The molecule has 0 aromatic heterocycles. The van der Waals surface area contributed by atoms with Crippen LogP contribution < -0.4 is 5.32 Å². The van der Waals surface area contributed by atoms with Gasteiger partial charge in [-0.2, -0.15) is 0 Å². The van der Waals surface area contributed by atoms with E-state index in [2.05, 4.69) is 53.8 Å². The van der Waals surface area contributed by atoms with Crippen LogP contribution in [0.3, 0.4) is 0 Å². The highest BCUT2D eigenvalue weighted by Crippen LogP contribution is 2.57. The van der Waals surface area contributed by atoms with Crippen LogP contribution in [0.5, 0.6) is 0 Å². The Labute approximate surface area is 136 Å². The molecule has 0 radical (unpaired) electrons. The van der Waals surface area contributed by atoms with Gasteiger partial charge in [-0.05, 0) is 41.5 Å². The Kier molecular flexibility index (Phi) is 3.46. The molecule has 118 valence electrons. The zero-order chi connectivity index (χ0) is 15.9. The molecular formula is C20H21NO2. The zero-order valence-electron chi connectivity index (χ0n) is 13.0. The fourth-order valence-electron chi connectivity index (χ4n) is 4.74. The normalized spacial score (nSPS) is 25.3. The molecule has 3 heteroatoms. The van der Waals surface area contributed by atoms with Crippen LogP contribution in [0.2, 0.25) is 0 Å². The lowest BCUT2D eigenvalue weighted by Crippen LogP contribution is -2.44. The number of carbonyl (C=O) groups excluding carboxylic acids is 1. The van der Waals surface area contributed by atoms with Crippen molar-refractivity contribution in [3.63, 3.8) is 0 Å². The minimum atomic E-state index is -0.545. The molecule has 1 atom stereocenters. The van der Waals surface area contributed by atoms with Gasteiger partial charge in [-0.3, -0.25) is 4.79 Å². The maximum absolute atomic E-state index is 10.5. The molecule has 0 heterocycles. The third-order valence-electron chi connectivity index (χ3n) is 5.58. The van der Waals surface area contributed by atoms with Crippen molar-refractivity contribution in [2.24, 2.45) is 0 Å². The number of hydrogen-bond acceptors (Lipinski definition) is 2. The zero-order valence-corrected chi connectivity index (χ0v) is 13.0. The van der Waals surface area contributed by atoms with E-state index in [1.54, 1.807) is 0 Å². The molecule has 2 aromatic rings. The Morgan fingerprint density at radius 3 is 2.35 bits per heavy atom.